The van der Waals surface area contributed by atoms with Gasteiger partial charge < -0.3 is 5.32 Å². The molecule has 4 rings (SSSR count). The molecule has 0 saturated heterocycles. The van der Waals surface area contributed by atoms with Crippen molar-refractivity contribution in [3.05, 3.63) is 38.9 Å². The summed E-state index contributed by atoms with van der Waals surface area (Å²) in [7, 11) is 0. The van der Waals surface area contributed by atoms with Crippen molar-refractivity contribution < 1.29 is 4.79 Å². The second-order valence-electron chi connectivity index (χ2n) is 7.13. The van der Waals surface area contributed by atoms with Gasteiger partial charge in [-0.1, -0.05) is 18.2 Å². The fourth-order valence-electron chi connectivity index (χ4n) is 3.89. The average Bonchev–Trinajstić information content (AvgIpc) is 3.21. The summed E-state index contributed by atoms with van der Waals surface area (Å²) in [5.74, 6) is 0.0116. The molecule has 0 saturated carbocycles. The van der Waals surface area contributed by atoms with Gasteiger partial charge in [-0.05, 0) is 62.1 Å². The lowest BCUT2D eigenvalue weighted by Gasteiger charge is -2.07. The quantitative estimate of drug-likeness (QED) is 0.599. The highest BCUT2D eigenvalue weighted by molar-refractivity contribution is 8.00. The highest BCUT2D eigenvalue weighted by Gasteiger charge is 2.22. The van der Waals surface area contributed by atoms with Gasteiger partial charge in [-0.3, -0.25) is 4.79 Å². The first-order valence-corrected chi connectivity index (χ1v) is 11.4. The van der Waals surface area contributed by atoms with Gasteiger partial charge in [0, 0.05) is 10.6 Å². The summed E-state index contributed by atoms with van der Waals surface area (Å²) in [4.78, 5) is 18.4. The Labute approximate surface area is 172 Å². The molecule has 0 fully saturated rings. The van der Waals surface area contributed by atoms with Crippen LogP contribution < -0.4 is 5.32 Å². The Balaban J connectivity index is 1.46. The van der Waals surface area contributed by atoms with Crippen molar-refractivity contribution >= 4 is 34.0 Å². The van der Waals surface area contributed by atoms with Crippen LogP contribution in [-0.2, 0) is 30.5 Å². The molecule has 0 aliphatic heterocycles. The summed E-state index contributed by atoms with van der Waals surface area (Å²) in [6.45, 7) is 0. The van der Waals surface area contributed by atoms with Crippen LogP contribution in [0, 0.1) is 22.7 Å². The maximum atomic E-state index is 12.5. The topological polar surface area (TPSA) is 89.6 Å². The number of hydrogen-bond donors (Lipinski definition) is 1. The van der Waals surface area contributed by atoms with Gasteiger partial charge in [-0.15, -0.1) is 11.3 Å². The average molecular weight is 409 g/mol. The van der Waals surface area contributed by atoms with Crippen molar-refractivity contribution in [1.29, 1.82) is 10.5 Å². The standard InChI is InChI=1S/C21H20N4OS2/c22-10-14-9-13-5-4-7-17(13)24-20(14)27-12-19(26)25-21-16(11-23)15-6-2-1-3-8-18(15)28-21/h9H,1-8,12H2,(H,25,26). The molecule has 0 spiro atoms. The van der Waals surface area contributed by atoms with Crippen LogP contribution >= 0.6 is 23.1 Å². The van der Waals surface area contributed by atoms with Gasteiger partial charge in [0.25, 0.3) is 0 Å². The van der Waals surface area contributed by atoms with Crippen molar-refractivity contribution in [2.75, 3.05) is 11.1 Å². The maximum Gasteiger partial charge on any atom is 0.235 e. The van der Waals surface area contributed by atoms with Crippen LogP contribution in [0.1, 0.15) is 58.5 Å². The van der Waals surface area contributed by atoms with Crippen molar-refractivity contribution in [2.24, 2.45) is 0 Å². The molecule has 0 radical (unpaired) electrons. The Morgan fingerprint density at radius 3 is 2.82 bits per heavy atom. The molecule has 0 unspecified atom stereocenters. The number of nitrogens with one attached hydrogen (secondary N) is 1. The van der Waals surface area contributed by atoms with E-state index in [0.717, 1.165) is 61.8 Å². The molecular formula is C21H20N4OS2. The van der Waals surface area contributed by atoms with E-state index in [2.05, 4.69) is 22.4 Å². The van der Waals surface area contributed by atoms with Crippen molar-refractivity contribution in [3.63, 3.8) is 0 Å². The zero-order valence-corrected chi connectivity index (χ0v) is 17.1. The van der Waals surface area contributed by atoms with E-state index in [-0.39, 0.29) is 11.7 Å². The first-order chi connectivity index (χ1) is 13.7. The minimum atomic E-state index is -0.163. The fourth-order valence-corrected chi connectivity index (χ4v) is 5.92. The second kappa shape index (κ2) is 8.34. The highest BCUT2D eigenvalue weighted by Crippen LogP contribution is 2.37. The van der Waals surface area contributed by atoms with Gasteiger partial charge in [0.2, 0.25) is 5.91 Å². The summed E-state index contributed by atoms with van der Waals surface area (Å²) in [5.41, 5.74) is 4.51. The predicted octanol–water partition coefficient (Wildman–Crippen LogP) is 4.37. The lowest BCUT2D eigenvalue weighted by atomic mass is 10.1. The molecule has 5 nitrogen and oxygen atoms in total. The summed E-state index contributed by atoms with van der Waals surface area (Å²) in [6.07, 6.45) is 8.33. The maximum absolute atomic E-state index is 12.5. The number of rotatable bonds is 4. The van der Waals surface area contributed by atoms with Crippen LogP contribution in [0.15, 0.2) is 11.1 Å². The van der Waals surface area contributed by atoms with Crippen LogP contribution in [0.25, 0.3) is 0 Å². The van der Waals surface area contributed by atoms with E-state index < -0.39 is 0 Å². The number of nitriles is 2. The predicted molar refractivity (Wildman–Crippen MR) is 111 cm³/mol. The number of anilines is 1. The Kier molecular flexibility index (Phi) is 5.66. The molecule has 2 aliphatic rings. The van der Waals surface area contributed by atoms with E-state index in [1.807, 2.05) is 6.07 Å². The SMILES string of the molecule is N#Cc1cc2c(nc1SCC(=O)Nc1sc3c(c1C#N)CCCCC3)CCC2. The monoisotopic (exact) mass is 408 g/mol. The van der Waals surface area contributed by atoms with Crippen molar-refractivity contribution in [3.8, 4) is 12.1 Å². The molecule has 2 aliphatic carbocycles. The molecule has 28 heavy (non-hydrogen) atoms. The number of hydrogen-bond acceptors (Lipinski definition) is 6. The minimum Gasteiger partial charge on any atom is -0.316 e. The minimum absolute atomic E-state index is 0.163. The molecule has 1 amide bonds. The smallest absolute Gasteiger partial charge is 0.235 e. The molecule has 142 valence electrons. The fraction of sp³-hybridized carbons (Fsp3) is 0.429. The van der Waals surface area contributed by atoms with Gasteiger partial charge in [0.1, 0.15) is 22.2 Å². The third-order valence-electron chi connectivity index (χ3n) is 5.26. The molecule has 7 heteroatoms. The molecule has 0 aromatic carbocycles. The first-order valence-electron chi connectivity index (χ1n) is 9.59. The van der Waals surface area contributed by atoms with Crippen LogP contribution in [0.3, 0.4) is 0 Å². The van der Waals surface area contributed by atoms with E-state index in [1.165, 1.54) is 23.1 Å². The summed E-state index contributed by atoms with van der Waals surface area (Å²) in [5, 5.41) is 23.2. The third-order valence-corrected chi connectivity index (χ3v) is 7.46. The van der Waals surface area contributed by atoms with Gasteiger partial charge >= 0.3 is 0 Å². The third kappa shape index (κ3) is 3.78. The van der Waals surface area contributed by atoms with Gasteiger partial charge in [-0.25, -0.2) is 4.98 Å². The lowest BCUT2D eigenvalue weighted by molar-refractivity contribution is -0.113. The van der Waals surface area contributed by atoms with E-state index in [0.29, 0.717) is 21.2 Å². The van der Waals surface area contributed by atoms with Crippen LogP contribution in [0.5, 0.6) is 0 Å². The molecule has 0 bridgehead atoms. The van der Waals surface area contributed by atoms with E-state index in [1.54, 1.807) is 11.3 Å². The van der Waals surface area contributed by atoms with Crippen molar-refractivity contribution in [1.82, 2.24) is 4.98 Å². The number of aromatic nitrogens is 1. The summed E-state index contributed by atoms with van der Waals surface area (Å²) >= 11 is 2.83. The first kappa shape index (κ1) is 19.0. The number of fused-ring (bicyclic) bond motifs is 2. The lowest BCUT2D eigenvalue weighted by Crippen LogP contribution is -2.14. The molecular weight excluding hydrogens is 388 g/mol. The number of thiophene rings is 1. The Bertz CT molecular complexity index is 1010. The Morgan fingerprint density at radius 2 is 2.00 bits per heavy atom. The number of nitrogens with zero attached hydrogens (tertiary/aromatic N) is 3. The normalized spacial score (nSPS) is 15.1. The number of amides is 1. The molecule has 2 aromatic heterocycles. The molecule has 1 N–H and O–H groups in total. The van der Waals surface area contributed by atoms with Crippen LogP contribution in [0.4, 0.5) is 5.00 Å². The number of carbonyl (C=O) groups is 1. The number of pyridine rings is 1. The number of carbonyl (C=O) groups excluding carboxylic acids is 1. The molecule has 2 heterocycles. The number of thioether (sulfide) groups is 1. The van der Waals surface area contributed by atoms with Crippen LogP contribution in [0.2, 0.25) is 0 Å². The van der Waals surface area contributed by atoms with Gasteiger partial charge in [-0.2, -0.15) is 10.5 Å². The van der Waals surface area contributed by atoms with Gasteiger partial charge in [0.05, 0.1) is 16.9 Å². The Morgan fingerprint density at radius 1 is 1.14 bits per heavy atom. The largest absolute Gasteiger partial charge is 0.316 e. The van der Waals surface area contributed by atoms with E-state index in [9.17, 15) is 15.3 Å². The Hall–Kier alpha value is -2.35. The number of aryl methyl sites for hydroxylation is 3. The van der Waals surface area contributed by atoms with E-state index >= 15 is 0 Å². The molecule has 2 aromatic rings. The molecule has 0 atom stereocenters. The summed E-state index contributed by atoms with van der Waals surface area (Å²) < 4.78 is 0. The summed E-state index contributed by atoms with van der Waals surface area (Å²) in [6, 6.07) is 6.41. The highest BCUT2D eigenvalue weighted by atomic mass is 32.2. The zero-order valence-electron chi connectivity index (χ0n) is 15.5. The second-order valence-corrected chi connectivity index (χ2v) is 9.20. The zero-order chi connectivity index (χ0) is 19.5. The van der Waals surface area contributed by atoms with Crippen molar-refractivity contribution in [2.45, 2.75) is 56.4 Å². The van der Waals surface area contributed by atoms with Gasteiger partial charge in [0.15, 0.2) is 0 Å². The van der Waals surface area contributed by atoms with Crippen LogP contribution in [-0.4, -0.2) is 16.6 Å². The van der Waals surface area contributed by atoms with E-state index in [4.69, 9.17) is 0 Å².